The number of nitrogens with zero attached hydrogens (tertiary/aromatic N) is 1. The van der Waals surface area contributed by atoms with Gasteiger partial charge >= 0.3 is 0 Å². The molecule has 1 atom stereocenters. The number of carbonyl (C=O) groups excluding carboxylic acids is 1. The van der Waals surface area contributed by atoms with E-state index >= 15 is 0 Å². The van der Waals surface area contributed by atoms with Crippen LogP contribution in [0, 0.1) is 5.82 Å². The molecule has 3 rings (SSSR count). The minimum Gasteiger partial charge on any atom is -0.382 e. The molecule has 6 heteroatoms. The molecule has 1 amide bonds. The molecule has 1 saturated heterocycles. The number of amides is 1. The van der Waals surface area contributed by atoms with Crippen LogP contribution < -0.4 is 10.6 Å². The molecule has 0 radical (unpaired) electrons. The third-order valence-corrected chi connectivity index (χ3v) is 3.63. The van der Waals surface area contributed by atoms with Gasteiger partial charge in [0, 0.05) is 30.7 Å². The van der Waals surface area contributed by atoms with Crippen molar-refractivity contribution < 1.29 is 13.9 Å². The fraction of sp³-hybridized carbons (Fsp3) is 0.294. The zero-order valence-electron chi connectivity index (χ0n) is 12.6. The molecule has 2 N–H and O–H groups in total. The van der Waals surface area contributed by atoms with Crippen molar-refractivity contribution in [1.82, 2.24) is 4.98 Å². The van der Waals surface area contributed by atoms with Crippen LogP contribution in [0.4, 0.5) is 15.8 Å². The molecule has 120 valence electrons. The summed E-state index contributed by atoms with van der Waals surface area (Å²) in [5.41, 5.74) is 1.47. The van der Waals surface area contributed by atoms with Crippen molar-refractivity contribution in [2.75, 3.05) is 23.8 Å². The zero-order chi connectivity index (χ0) is 16.1. The predicted octanol–water partition coefficient (Wildman–Crippen LogP) is 3.06. The van der Waals surface area contributed by atoms with Gasteiger partial charge < -0.3 is 15.4 Å². The van der Waals surface area contributed by atoms with Crippen LogP contribution in [-0.4, -0.2) is 30.1 Å². The topological polar surface area (TPSA) is 63.2 Å². The van der Waals surface area contributed by atoms with E-state index in [0.29, 0.717) is 12.2 Å². The van der Waals surface area contributed by atoms with Crippen molar-refractivity contribution >= 4 is 17.3 Å². The quantitative estimate of drug-likeness (QED) is 0.890. The van der Waals surface area contributed by atoms with Gasteiger partial charge in [0.1, 0.15) is 11.5 Å². The molecule has 1 aromatic carbocycles. The first kappa shape index (κ1) is 15.4. The van der Waals surface area contributed by atoms with Gasteiger partial charge in [0.25, 0.3) is 5.91 Å². The molecule has 5 nitrogen and oxygen atoms in total. The van der Waals surface area contributed by atoms with Gasteiger partial charge in [0.15, 0.2) is 0 Å². The van der Waals surface area contributed by atoms with Crippen molar-refractivity contribution in [3.63, 3.8) is 0 Å². The molecule has 0 bridgehead atoms. The monoisotopic (exact) mass is 315 g/mol. The fourth-order valence-electron chi connectivity index (χ4n) is 2.46. The predicted molar refractivity (Wildman–Crippen MR) is 86.1 cm³/mol. The van der Waals surface area contributed by atoms with Gasteiger partial charge in [-0.1, -0.05) is 6.07 Å². The number of halogens is 1. The highest BCUT2D eigenvalue weighted by molar-refractivity contribution is 6.03. The SMILES string of the molecule is O=C(Nc1cccc(F)c1)c1cc(NCC2CCCO2)ccn1. The van der Waals surface area contributed by atoms with Crippen LogP contribution in [-0.2, 0) is 4.74 Å². The summed E-state index contributed by atoms with van der Waals surface area (Å²) < 4.78 is 18.7. The van der Waals surface area contributed by atoms with E-state index in [1.807, 2.05) is 0 Å². The van der Waals surface area contributed by atoms with Crippen LogP contribution in [0.3, 0.4) is 0 Å². The second kappa shape index (κ2) is 7.19. The molecule has 1 aliphatic heterocycles. The number of aromatic nitrogens is 1. The first-order chi connectivity index (χ1) is 11.2. The highest BCUT2D eigenvalue weighted by Gasteiger charge is 2.15. The number of benzene rings is 1. The van der Waals surface area contributed by atoms with Crippen LogP contribution in [0.1, 0.15) is 23.3 Å². The fourth-order valence-corrected chi connectivity index (χ4v) is 2.46. The Balaban J connectivity index is 1.62. The zero-order valence-corrected chi connectivity index (χ0v) is 12.6. The van der Waals surface area contributed by atoms with Crippen molar-refractivity contribution in [1.29, 1.82) is 0 Å². The Morgan fingerprint density at radius 3 is 3.00 bits per heavy atom. The summed E-state index contributed by atoms with van der Waals surface area (Å²) in [4.78, 5) is 16.3. The number of hydrogen-bond acceptors (Lipinski definition) is 4. The third-order valence-electron chi connectivity index (χ3n) is 3.63. The van der Waals surface area contributed by atoms with E-state index in [9.17, 15) is 9.18 Å². The van der Waals surface area contributed by atoms with Crippen LogP contribution in [0.15, 0.2) is 42.6 Å². The number of ether oxygens (including phenoxy) is 1. The van der Waals surface area contributed by atoms with E-state index in [-0.39, 0.29) is 17.7 Å². The first-order valence-corrected chi connectivity index (χ1v) is 7.59. The molecular weight excluding hydrogens is 297 g/mol. The molecule has 0 spiro atoms. The van der Waals surface area contributed by atoms with Crippen molar-refractivity contribution in [2.45, 2.75) is 18.9 Å². The van der Waals surface area contributed by atoms with Gasteiger partial charge in [0.05, 0.1) is 6.10 Å². The minimum absolute atomic E-state index is 0.215. The molecule has 1 aromatic heterocycles. The van der Waals surface area contributed by atoms with Gasteiger partial charge in [-0.15, -0.1) is 0 Å². The molecule has 2 aromatic rings. The smallest absolute Gasteiger partial charge is 0.274 e. The summed E-state index contributed by atoms with van der Waals surface area (Å²) in [6.07, 6.45) is 3.92. The molecule has 0 saturated carbocycles. The lowest BCUT2D eigenvalue weighted by atomic mass is 10.2. The Hall–Kier alpha value is -2.47. The second-order valence-corrected chi connectivity index (χ2v) is 5.41. The maximum absolute atomic E-state index is 13.1. The molecule has 1 aliphatic rings. The van der Waals surface area contributed by atoms with Crippen molar-refractivity contribution in [2.24, 2.45) is 0 Å². The lowest BCUT2D eigenvalue weighted by Gasteiger charge is -2.12. The molecule has 23 heavy (non-hydrogen) atoms. The Morgan fingerprint density at radius 2 is 2.22 bits per heavy atom. The average molecular weight is 315 g/mol. The highest BCUT2D eigenvalue weighted by Crippen LogP contribution is 2.15. The summed E-state index contributed by atoms with van der Waals surface area (Å²) in [5, 5.41) is 5.88. The van der Waals surface area contributed by atoms with Gasteiger partial charge in [-0.05, 0) is 43.2 Å². The summed E-state index contributed by atoms with van der Waals surface area (Å²) in [7, 11) is 0. The van der Waals surface area contributed by atoms with Gasteiger partial charge in [-0.2, -0.15) is 0 Å². The molecular formula is C17H18FN3O2. The number of nitrogens with one attached hydrogen (secondary N) is 2. The first-order valence-electron chi connectivity index (χ1n) is 7.59. The molecule has 1 fully saturated rings. The van der Waals surface area contributed by atoms with E-state index in [2.05, 4.69) is 15.6 Å². The van der Waals surface area contributed by atoms with Gasteiger partial charge in [-0.3, -0.25) is 9.78 Å². The van der Waals surface area contributed by atoms with E-state index < -0.39 is 5.82 Å². The average Bonchev–Trinajstić information content (AvgIpc) is 3.07. The summed E-state index contributed by atoms with van der Waals surface area (Å²) in [5.74, 6) is -0.779. The van der Waals surface area contributed by atoms with Crippen LogP contribution in [0.2, 0.25) is 0 Å². The normalized spacial score (nSPS) is 17.0. The summed E-state index contributed by atoms with van der Waals surface area (Å²) >= 11 is 0. The van der Waals surface area contributed by atoms with E-state index in [1.54, 1.807) is 24.4 Å². The Kier molecular flexibility index (Phi) is 4.83. The number of rotatable bonds is 5. The minimum atomic E-state index is -0.400. The number of anilines is 2. The number of carbonyl (C=O) groups is 1. The number of hydrogen-bond donors (Lipinski definition) is 2. The molecule has 0 aliphatic carbocycles. The lowest BCUT2D eigenvalue weighted by Crippen LogP contribution is -2.19. The second-order valence-electron chi connectivity index (χ2n) is 5.41. The third kappa shape index (κ3) is 4.26. The Morgan fingerprint density at radius 1 is 1.30 bits per heavy atom. The maximum Gasteiger partial charge on any atom is 0.274 e. The largest absolute Gasteiger partial charge is 0.382 e. The lowest BCUT2D eigenvalue weighted by molar-refractivity contribution is 0.102. The van der Waals surface area contributed by atoms with Crippen LogP contribution >= 0.6 is 0 Å². The number of pyridine rings is 1. The van der Waals surface area contributed by atoms with E-state index in [1.165, 1.54) is 18.2 Å². The Labute approximate surface area is 133 Å². The van der Waals surface area contributed by atoms with Crippen molar-refractivity contribution in [3.8, 4) is 0 Å². The van der Waals surface area contributed by atoms with E-state index in [4.69, 9.17) is 4.74 Å². The van der Waals surface area contributed by atoms with Crippen LogP contribution in [0.25, 0.3) is 0 Å². The van der Waals surface area contributed by atoms with Crippen LogP contribution in [0.5, 0.6) is 0 Å². The summed E-state index contributed by atoms with van der Waals surface area (Å²) in [6.45, 7) is 1.51. The highest BCUT2D eigenvalue weighted by atomic mass is 19.1. The van der Waals surface area contributed by atoms with Gasteiger partial charge in [0.2, 0.25) is 0 Å². The van der Waals surface area contributed by atoms with E-state index in [0.717, 1.165) is 25.1 Å². The standard InChI is InChI=1S/C17H18FN3O2/c18-12-3-1-4-14(9-12)21-17(22)16-10-13(6-7-19-16)20-11-15-5-2-8-23-15/h1,3-4,6-7,9-10,15H,2,5,8,11H2,(H,19,20)(H,21,22). The Bertz CT molecular complexity index is 687. The maximum atomic E-state index is 13.1. The molecule has 2 heterocycles. The molecule has 1 unspecified atom stereocenters. The van der Waals surface area contributed by atoms with Gasteiger partial charge in [-0.25, -0.2) is 4.39 Å². The van der Waals surface area contributed by atoms with Crippen molar-refractivity contribution in [3.05, 3.63) is 54.1 Å². The summed E-state index contributed by atoms with van der Waals surface area (Å²) in [6, 6.07) is 9.22.